The second-order valence-corrected chi connectivity index (χ2v) is 7.45. The minimum Gasteiger partial charge on any atom is -0.466 e. The summed E-state index contributed by atoms with van der Waals surface area (Å²) in [5.74, 6) is -0.0972. The Morgan fingerprint density at radius 1 is 0.955 bits per heavy atom. The van der Waals surface area contributed by atoms with E-state index in [0.29, 0.717) is 13.0 Å². The van der Waals surface area contributed by atoms with Gasteiger partial charge in [0.2, 0.25) is 0 Å². The fourth-order valence-corrected chi connectivity index (χ4v) is 4.06. The van der Waals surface area contributed by atoms with Gasteiger partial charge in [-0.15, -0.1) is 0 Å². The number of unbranched alkanes of at least 4 members (excludes halogenated alkanes) is 3. The first kappa shape index (κ1) is 21.8. The largest absolute Gasteiger partial charge is 0.466 e. The number of hydrogen-bond acceptors (Lipinski definition) is 4. The smallest absolute Gasteiger partial charge is 0.306 e. The molecule has 0 amide bonds. The van der Waals surface area contributed by atoms with Gasteiger partial charge < -0.3 is 9.26 Å². The van der Waals surface area contributed by atoms with Crippen LogP contribution in [0.1, 0.15) is 72.6 Å². The van der Waals surface area contributed by atoms with Crippen LogP contribution in [0.25, 0.3) is 0 Å². The van der Waals surface area contributed by atoms with E-state index in [1.807, 2.05) is 6.92 Å². The quantitative estimate of drug-likeness (QED) is 0.241. The zero-order chi connectivity index (χ0) is 16.6. The summed E-state index contributed by atoms with van der Waals surface area (Å²) in [6.07, 6.45) is 8.28. The van der Waals surface area contributed by atoms with E-state index in [2.05, 4.69) is 25.4 Å². The van der Waals surface area contributed by atoms with Gasteiger partial charge >= 0.3 is 5.97 Å². The van der Waals surface area contributed by atoms with Crippen molar-refractivity contribution in [2.24, 2.45) is 0 Å². The molecule has 0 saturated heterocycles. The van der Waals surface area contributed by atoms with Crippen LogP contribution in [-0.4, -0.2) is 43.1 Å². The van der Waals surface area contributed by atoms with Gasteiger partial charge in [-0.1, -0.05) is 40.0 Å². The first-order valence-corrected chi connectivity index (χ1v) is 10.4. The molecule has 0 bridgehead atoms. The lowest BCUT2D eigenvalue weighted by Gasteiger charge is -2.31. The molecule has 0 rings (SSSR count). The fourth-order valence-electron chi connectivity index (χ4n) is 2.04. The van der Waals surface area contributed by atoms with Crippen molar-refractivity contribution in [2.45, 2.75) is 72.6 Å². The Kier molecular flexibility index (Phi) is 15.6. The van der Waals surface area contributed by atoms with Crippen LogP contribution in [0.15, 0.2) is 0 Å². The highest BCUT2D eigenvalue weighted by molar-refractivity contribution is 7.50. The lowest BCUT2D eigenvalue weighted by atomic mass is 10.3. The number of carbonyl (C=O) groups excluding carboxylic acids is 1. The van der Waals surface area contributed by atoms with E-state index in [9.17, 15) is 4.79 Å². The van der Waals surface area contributed by atoms with Crippen LogP contribution >= 0.6 is 8.30 Å². The molecule has 0 aliphatic rings. The fraction of sp³-hybridized carbons (Fsp3) is 0.941. The molecule has 1 unspecified atom stereocenters. The summed E-state index contributed by atoms with van der Waals surface area (Å²) in [7, 11) is -0.670. The number of esters is 1. The maximum absolute atomic E-state index is 11.6. The minimum atomic E-state index is -0.670. The van der Waals surface area contributed by atoms with Crippen LogP contribution in [0.3, 0.4) is 0 Å². The van der Waals surface area contributed by atoms with Crippen LogP contribution in [0.4, 0.5) is 0 Å². The molecule has 0 aromatic rings. The van der Waals surface area contributed by atoms with Crippen molar-refractivity contribution < 1.29 is 14.1 Å². The summed E-state index contributed by atoms with van der Waals surface area (Å²) in [4.78, 5) is 11.6. The summed E-state index contributed by atoms with van der Waals surface area (Å²) in [6.45, 7) is 11.9. The Bertz CT molecular complexity index is 256. The van der Waals surface area contributed by atoms with Crippen molar-refractivity contribution in [3.8, 4) is 0 Å². The summed E-state index contributed by atoms with van der Waals surface area (Å²) >= 11 is 0. The topological polar surface area (TPSA) is 38.8 Å². The predicted molar refractivity (Wildman–Crippen MR) is 95.3 cm³/mol. The van der Waals surface area contributed by atoms with Gasteiger partial charge in [0.25, 0.3) is 0 Å². The van der Waals surface area contributed by atoms with Gasteiger partial charge in [0.15, 0.2) is 0 Å². The average Bonchev–Trinajstić information content (AvgIpc) is 2.51. The number of carbonyl (C=O) groups is 1. The third kappa shape index (κ3) is 11.4. The molecule has 0 fully saturated rings. The number of rotatable bonds is 15. The first-order chi connectivity index (χ1) is 10.7. The van der Waals surface area contributed by atoms with Crippen LogP contribution in [-0.2, 0) is 14.1 Å². The lowest BCUT2D eigenvalue weighted by molar-refractivity contribution is -0.142. The highest BCUT2D eigenvalue weighted by atomic mass is 31.2. The van der Waals surface area contributed by atoms with Crippen molar-refractivity contribution in [1.29, 1.82) is 0 Å². The maximum Gasteiger partial charge on any atom is 0.306 e. The standard InChI is InChI=1S/C17H36NO3P/c1-5-9-13-18(14-10-6-2)22(21-15-11-7-3)16-12-17(19)20-8-4/h5-16H2,1-4H3. The summed E-state index contributed by atoms with van der Waals surface area (Å²) in [5.41, 5.74) is 0. The molecule has 1 atom stereocenters. The Morgan fingerprint density at radius 3 is 2.05 bits per heavy atom. The Labute approximate surface area is 138 Å². The van der Waals surface area contributed by atoms with Crippen molar-refractivity contribution in [1.82, 2.24) is 4.67 Å². The first-order valence-electron chi connectivity index (χ1n) is 9.00. The highest BCUT2D eigenvalue weighted by Crippen LogP contribution is 2.42. The van der Waals surface area contributed by atoms with Gasteiger partial charge in [0.05, 0.1) is 19.6 Å². The number of nitrogens with zero attached hydrogens (tertiary/aromatic N) is 1. The van der Waals surface area contributed by atoms with E-state index in [4.69, 9.17) is 9.26 Å². The predicted octanol–water partition coefficient (Wildman–Crippen LogP) is 4.97. The molecular weight excluding hydrogens is 297 g/mol. The monoisotopic (exact) mass is 333 g/mol. The summed E-state index contributed by atoms with van der Waals surface area (Å²) < 4.78 is 13.7. The van der Waals surface area contributed by atoms with Crippen LogP contribution in [0.5, 0.6) is 0 Å². The molecule has 0 aromatic carbocycles. The Morgan fingerprint density at radius 2 is 1.55 bits per heavy atom. The van der Waals surface area contributed by atoms with Gasteiger partial charge in [0.1, 0.15) is 8.30 Å². The molecule has 5 heteroatoms. The maximum atomic E-state index is 11.6. The van der Waals surface area contributed by atoms with E-state index in [1.165, 1.54) is 25.7 Å². The third-order valence-electron chi connectivity index (χ3n) is 3.41. The van der Waals surface area contributed by atoms with Gasteiger partial charge in [-0.25, -0.2) is 0 Å². The lowest BCUT2D eigenvalue weighted by Crippen LogP contribution is -2.24. The van der Waals surface area contributed by atoms with E-state index < -0.39 is 8.30 Å². The molecule has 0 saturated carbocycles. The Hall–Kier alpha value is -0.180. The molecule has 0 aliphatic heterocycles. The third-order valence-corrected chi connectivity index (χ3v) is 5.52. The zero-order valence-electron chi connectivity index (χ0n) is 15.1. The normalized spacial score (nSPS) is 12.6. The molecular formula is C17H36NO3P. The highest BCUT2D eigenvalue weighted by Gasteiger charge is 2.20. The summed E-state index contributed by atoms with van der Waals surface area (Å²) in [5, 5.41) is 0. The molecule has 0 heterocycles. The van der Waals surface area contributed by atoms with Gasteiger partial charge in [0, 0.05) is 19.3 Å². The molecule has 0 aromatic heterocycles. The van der Waals surface area contributed by atoms with Crippen LogP contribution < -0.4 is 0 Å². The average molecular weight is 333 g/mol. The molecule has 0 radical (unpaired) electrons. The molecule has 0 spiro atoms. The van der Waals surface area contributed by atoms with E-state index in [0.717, 1.165) is 38.7 Å². The number of hydrogen-bond donors (Lipinski definition) is 0. The van der Waals surface area contributed by atoms with Crippen molar-refractivity contribution in [3.05, 3.63) is 0 Å². The SMILES string of the molecule is CCCCOP(CCC(=O)OCC)N(CCCC)CCCC. The molecule has 0 N–H and O–H groups in total. The van der Waals surface area contributed by atoms with Crippen molar-refractivity contribution in [3.63, 3.8) is 0 Å². The molecule has 22 heavy (non-hydrogen) atoms. The second-order valence-electron chi connectivity index (χ2n) is 5.48. The van der Waals surface area contributed by atoms with Crippen molar-refractivity contribution in [2.75, 3.05) is 32.5 Å². The van der Waals surface area contributed by atoms with Gasteiger partial charge in [-0.05, 0) is 26.2 Å². The second kappa shape index (κ2) is 15.7. The van der Waals surface area contributed by atoms with Crippen molar-refractivity contribution >= 4 is 14.3 Å². The van der Waals surface area contributed by atoms with Crippen LogP contribution in [0, 0.1) is 0 Å². The zero-order valence-corrected chi connectivity index (χ0v) is 16.0. The van der Waals surface area contributed by atoms with Gasteiger partial charge in [-0.3, -0.25) is 9.46 Å². The molecule has 132 valence electrons. The molecule has 4 nitrogen and oxygen atoms in total. The summed E-state index contributed by atoms with van der Waals surface area (Å²) in [6, 6.07) is 0. The minimum absolute atomic E-state index is 0.0972. The van der Waals surface area contributed by atoms with Crippen LogP contribution in [0.2, 0.25) is 0 Å². The Balaban J connectivity index is 4.53. The van der Waals surface area contributed by atoms with E-state index in [-0.39, 0.29) is 5.97 Å². The molecule has 0 aliphatic carbocycles. The van der Waals surface area contributed by atoms with Gasteiger partial charge in [-0.2, -0.15) is 0 Å². The number of ether oxygens (including phenoxy) is 1. The van der Waals surface area contributed by atoms with E-state index >= 15 is 0 Å². The van der Waals surface area contributed by atoms with E-state index in [1.54, 1.807) is 0 Å².